The lowest BCUT2D eigenvalue weighted by molar-refractivity contribution is -0.145. The molecule has 1 amide bonds. The van der Waals surface area contributed by atoms with Crippen LogP contribution in [0.3, 0.4) is 0 Å². The molecule has 0 atom stereocenters. The standard InChI is InChI=1S/C9H17NO3/c1-6(2)10(7(3)4)8(11)5-9(12)13/h6-7H,5H2,1-4H3,(H,12,13). The minimum absolute atomic E-state index is 0.0480. The quantitative estimate of drug-likeness (QED) is 0.670. The van der Waals surface area contributed by atoms with Crippen molar-refractivity contribution in [3.63, 3.8) is 0 Å². The molecule has 4 nitrogen and oxygen atoms in total. The number of carboxylic acids is 1. The highest BCUT2D eigenvalue weighted by Crippen LogP contribution is 2.07. The fraction of sp³-hybridized carbons (Fsp3) is 0.778. The van der Waals surface area contributed by atoms with Gasteiger partial charge in [0, 0.05) is 12.1 Å². The van der Waals surface area contributed by atoms with Gasteiger partial charge in [-0.15, -0.1) is 0 Å². The van der Waals surface area contributed by atoms with Crippen LogP contribution in [0, 0.1) is 0 Å². The Morgan fingerprint density at radius 1 is 1.15 bits per heavy atom. The molecule has 0 aliphatic heterocycles. The summed E-state index contributed by atoms with van der Waals surface area (Å²) in [5.41, 5.74) is 0. The number of aliphatic carboxylic acids is 1. The summed E-state index contributed by atoms with van der Waals surface area (Å²) in [4.78, 5) is 23.3. The van der Waals surface area contributed by atoms with Gasteiger partial charge in [-0.1, -0.05) is 0 Å². The summed E-state index contributed by atoms with van der Waals surface area (Å²) in [6.07, 6.45) is -0.420. The van der Waals surface area contributed by atoms with Crippen LogP contribution >= 0.6 is 0 Å². The molecule has 0 aliphatic carbocycles. The smallest absolute Gasteiger partial charge is 0.312 e. The van der Waals surface area contributed by atoms with Gasteiger partial charge in [-0.2, -0.15) is 0 Å². The maximum Gasteiger partial charge on any atom is 0.312 e. The first-order chi connectivity index (χ1) is 5.86. The van der Waals surface area contributed by atoms with Gasteiger partial charge in [0.1, 0.15) is 6.42 Å². The van der Waals surface area contributed by atoms with E-state index in [0.29, 0.717) is 0 Å². The summed E-state index contributed by atoms with van der Waals surface area (Å²) in [6, 6.07) is 0.0960. The van der Waals surface area contributed by atoms with Gasteiger partial charge in [0.05, 0.1) is 0 Å². The molecule has 0 heterocycles. The number of nitrogens with zero attached hydrogens (tertiary/aromatic N) is 1. The molecule has 0 aliphatic rings. The van der Waals surface area contributed by atoms with E-state index in [1.165, 1.54) is 0 Å². The molecule has 0 aromatic rings. The van der Waals surface area contributed by atoms with Gasteiger partial charge >= 0.3 is 5.97 Å². The summed E-state index contributed by atoms with van der Waals surface area (Å²) < 4.78 is 0. The van der Waals surface area contributed by atoms with E-state index in [1.807, 2.05) is 27.7 Å². The van der Waals surface area contributed by atoms with Crippen LogP contribution in [-0.2, 0) is 9.59 Å². The zero-order chi connectivity index (χ0) is 10.6. The normalized spacial score (nSPS) is 10.6. The predicted octanol–water partition coefficient (Wildman–Crippen LogP) is 1.11. The molecule has 0 bridgehead atoms. The van der Waals surface area contributed by atoms with E-state index in [2.05, 4.69) is 0 Å². The lowest BCUT2D eigenvalue weighted by atomic mass is 10.2. The first kappa shape index (κ1) is 11.9. The molecule has 0 spiro atoms. The van der Waals surface area contributed by atoms with E-state index in [-0.39, 0.29) is 18.0 Å². The Hall–Kier alpha value is -1.06. The number of hydrogen-bond acceptors (Lipinski definition) is 2. The molecule has 0 saturated heterocycles. The van der Waals surface area contributed by atoms with Crippen LogP contribution in [0.2, 0.25) is 0 Å². The van der Waals surface area contributed by atoms with Crippen LogP contribution < -0.4 is 0 Å². The molecular formula is C9H17NO3. The molecule has 0 aromatic carbocycles. The first-order valence-corrected chi connectivity index (χ1v) is 4.39. The van der Waals surface area contributed by atoms with Gasteiger partial charge in [-0.25, -0.2) is 0 Å². The molecule has 0 unspecified atom stereocenters. The lowest BCUT2D eigenvalue weighted by Gasteiger charge is -2.30. The van der Waals surface area contributed by atoms with Crippen molar-refractivity contribution in [2.45, 2.75) is 46.2 Å². The van der Waals surface area contributed by atoms with E-state index in [4.69, 9.17) is 5.11 Å². The molecule has 1 N–H and O–H groups in total. The third kappa shape index (κ3) is 3.92. The van der Waals surface area contributed by atoms with E-state index in [9.17, 15) is 9.59 Å². The number of amides is 1. The van der Waals surface area contributed by atoms with Crippen LogP contribution in [0.1, 0.15) is 34.1 Å². The molecule has 0 fully saturated rings. The van der Waals surface area contributed by atoms with Crippen molar-refractivity contribution in [3.05, 3.63) is 0 Å². The third-order valence-corrected chi connectivity index (χ3v) is 1.70. The Kier molecular flexibility index (Phi) is 4.45. The molecule has 0 radical (unpaired) electrons. The van der Waals surface area contributed by atoms with Gasteiger partial charge in [-0.3, -0.25) is 9.59 Å². The number of carboxylic acid groups (broad SMARTS) is 1. The van der Waals surface area contributed by atoms with Crippen molar-refractivity contribution >= 4 is 11.9 Å². The second kappa shape index (κ2) is 4.84. The van der Waals surface area contributed by atoms with Gasteiger partial charge in [-0.05, 0) is 27.7 Å². The van der Waals surface area contributed by atoms with E-state index in [1.54, 1.807) is 4.90 Å². The molecule has 0 rings (SSSR count). The lowest BCUT2D eigenvalue weighted by Crippen LogP contribution is -2.42. The van der Waals surface area contributed by atoms with Crippen molar-refractivity contribution in [1.82, 2.24) is 4.90 Å². The fourth-order valence-electron chi connectivity index (χ4n) is 1.39. The number of hydrogen-bond donors (Lipinski definition) is 1. The van der Waals surface area contributed by atoms with Crippen LogP contribution in [-0.4, -0.2) is 34.0 Å². The first-order valence-electron chi connectivity index (χ1n) is 4.39. The van der Waals surface area contributed by atoms with Crippen molar-refractivity contribution in [2.75, 3.05) is 0 Å². The van der Waals surface area contributed by atoms with Crippen molar-refractivity contribution in [1.29, 1.82) is 0 Å². The van der Waals surface area contributed by atoms with Crippen LogP contribution in [0.5, 0.6) is 0 Å². The highest BCUT2D eigenvalue weighted by atomic mass is 16.4. The monoisotopic (exact) mass is 187 g/mol. The maximum absolute atomic E-state index is 11.4. The van der Waals surface area contributed by atoms with Crippen LogP contribution in [0.15, 0.2) is 0 Å². The van der Waals surface area contributed by atoms with Crippen molar-refractivity contribution in [2.24, 2.45) is 0 Å². The van der Waals surface area contributed by atoms with E-state index in [0.717, 1.165) is 0 Å². The number of rotatable bonds is 4. The van der Waals surface area contributed by atoms with Gasteiger partial charge in [0.25, 0.3) is 0 Å². The van der Waals surface area contributed by atoms with Crippen LogP contribution in [0.4, 0.5) is 0 Å². The fourth-order valence-corrected chi connectivity index (χ4v) is 1.39. The molecular weight excluding hydrogens is 170 g/mol. The van der Waals surface area contributed by atoms with Crippen molar-refractivity contribution < 1.29 is 14.7 Å². The molecule has 4 heteroatoms. The Bertz CT molecular complexity index is 191. The topological polar surface area (TPSA) is 57.6 Å². The predicted molar refractivity (Wildman–Crippen MR) is 49.4 cm³/mol. The minimum atomic E-state index is -1.07. The molecule has 0 saturated carbocycles. The summed E-state index contributed by atoms with van der Waals surface area (Å²) in [5, 5.41) is 8.45. The molecule has 13 heavy (non-hydrogen) atoms. The Morgan fingerprint density at radius 2 is 1.54 bits per heavy atom. The Morgan fingerprint density at radius 3 is 1.77 bits per heavy atom. The Labute approximate surface area is 78.5 Å². The summed E-state index contributed by atoms with van der Waals surface area (Å²) in [7, 11) is 0. The zero-order valence-corrected chi connectivity index (χ0v) is 8.57. The largest absolute Gasteiger partial charge is 0.481 e. The highest BCUT2D eigenvalue weighted by molar-refractivity contribution is 5.93. The van der Waals surface area contributed by atoms with Crippen LogP contribution in [0.25, 0.3) is 0 Å². The molecule has 76 valence electrons. The minimum Gasteiger partial charge on any atom is -0.481 e. The number of carbonyl (C=O) groups excluding carboxylic acids is 1. The average Bonchev–Trinajstić information content (AvgIpc) is 1.81. The third-order valence-electron chi connectivity index (χ3n) is 1.70. The summed E-state index contributed by atoms with van der Waals surface area (Å²) in [6.45, 7) is 7.50. The maximum atomic E-state index is 11.4. The SMILES string of the molecule is CC(C)N(C(=O)CC(=O)O)C(C)C. The average molecular weight is 187 g/mol. The second-order valence-electron chi connectivity index (χ2n) is 3.56. The summed E-state index contributed by atoms with van der Waals surface area (Å²) in [5.74, 6) is -1.39. The van der Waals surface area contributed by atoms with Gasteiger partial charge in [0.15, 0.2) is 0 Å². The van der Waals surface area contributed by atoms with Crippen molar-refractivity contribution in [3.8, 4) is 0 Å². The number of carbonyl (C=O) groups is 2. The molecule has 0 aromatic heterocycles. The summed E-state index contributed by atoms with van der Waals surface area (Å²) >= 11 is 0. The van der Waals surface area contributed by atoms with E-state index >= 15 is 0 Å². The Balaban J connectivity index is 4.38. The van der Waals surface area contributed by atoms with Gasteiger partial charge in [0.2, 0.25) is 5.91 Å². The van der Waals surface area contributed by atoms with Gasteiger partial charge < -0.3 is 10.0 Å². The second-order valence-corrected chi connectivity index (χ2v) is 3.56. The highest BCUT2D eigenvalue weighted by Gasteiger charge is 2.21. The van der Waals surface area contributed by atoms with E-state index < -0.39 is 12.4 Å². The zero-order valence-electron chi connectivity index (χ0n) is 8.57.